The monoisotopic (exact) mass is 383 g/mol. The number of fused-ring (bicyclic) bond motifs is 1. The molecule has 0 aliphatic rings. The molecule has 0 aliphatic carbocycles. The molecule has 148 valence electrons. The standard InChI is InChI=1S/C21H25N3O4/c1-6-15-10-19(25)28-18-9-12(3)8-17(20(15)18)27-14(5)21(26)22-16-11-24(7-2)23-13(16)4/h8-11,14H,6-7H2,1-5H3,(H,22,26). The summed E-state index contributed by atoms with van der Waals surface area (Å²) in [5, 5.41) is 7.92. The lowest BCUT2D eigenvalue weighted by molar-refractivity contribution is -0.122. The Balaban J connectivity index is 1.89. The summed E-state index contributed by atoms with van der Waals surface area (Å²) in [7, 11) is 0. The molecule has 0 bridgehead atoms. The number of carbonyl (C=O) groups excluding carboxylic acids is 1. The van der Waals surface area contributed by atoms with Crippen LogP contribution in [0.15, 0.2) is 33.6 Å². The smallest absolute Gasteiger partial charge is 0.336 e. The zero-order valence-electron chi connectivity index (χ0n) is 16.8. The minimum absolute atomic E-state index is 0.274. The van der Waals surface area contributed by atoms with Gasteiger partial charge in [0.1, 0.15) is 11.3 Å². The first-order valence-electron chi connectivity index (χ1n) is 9.41. The Labute approximate surface area is 163 Å². The lowest BCUT2D eigenvalue weighted by Gasteiger charge is -2.17. The lowest BCUT2D eigenvalue weighted by Crippen LogP contribution is -2.30. The Morgan fingerprint density at radius 3 is 2.68 bits per heavy atom. The van der Waals surface area contributed by atoms with E-state index in [1.165, 1.54) is 6.07 Å². The Morgan fingerprint density at radius 1 is 1.29 bits per heavy atom. The highest BCUT2D eigenvalue weighted by Crippen LogP contribution is 2.31. The van der Waals surface area contributed by atoms with E-state index in [1.807, 2.05) is 33.8 Å². The Hall–Kier alpha value is -3.09. The molecule has 7 heteroatoms. The predicted octanol–water partition coefficient (Wildman–Crippen LogP) is 3.59. The molecule has 0 saturated carbocycles. The molecular formula is C21H25N3O4. The van der Waals surface area contributed by atoms with Crippen molar-refractivity contribution in [2.75, 3.05) is 5.32 Å². The fraction of sp³-hybridized carbons (Fsp3) is 0.381. The molecule has 1 aromatic carbocycles. The van der Waals surface area contributed by atoms with Gasteiger partial charge in [-0.25, -0.2) is 4.79 Å². The molecule has 2 aromatic heterocycles. The van der Waals surface area contributed by atoms with Gasteiger partial charge in [0, 0.05) is 18.8 Å². The second-order valence-electron chi connectivity index (χ2n) is 6.81. The summed E-state index contributed by atoms with van der Waals surface area (Å²) >= 11 is 0. The summed E-state index contributed by atoms with van der Waals surface area (Å²) in [6.45, 7) is 10.1. The van der Waals surface area contributed by atoms with Crippen molar-refractivity contribution < 1.29 is 13.9 Å². The van der Waals surface area contributed by atoms with Crippen molar-refractivity contribution in [1.82, 2.24) is 9.78 Å². The zero-order valence-corrected chi connectivity index (χ0v) is 16.8. The molecule has 1 amide bonds. The molecule has 3 aromatic rings. The van der Waals surface area contributed by atoms with Gasteiger partial charge in [-0.3, -0.25) is 9.48 Å². The van der Waals surface area contributed by atoms with E-state index in [2.05, 4.69) is 10.4 Å². The van der Waals surface area contributed by atoms with Gasteiger partial charge in [-0.2, -0.15) is 5.10 Å². The van der Waals surface area contributed by atoms with Crippen molar-refractivity contribution in [3.63, 3.8) is 0 Å². The van der Waals surface area contributed by atoms with Crippen LogP contribution in [0.5, 0.6) is 5.75 Å². The second-order valence-corrected chi connectivity index (χ2v) is 6.81. The van der Waals surface area contributed by atoms with Gasteiger partial charge >= 0.3 is 5.63 Å². The molecule has 7 nitrogen and oxygen atoms in total. The van der Waals surface area contributed by atoms with Gasteiger partial charge in [-0.05, 0) is 57.4 Å². The first-order valence-corrected chi connectivity index (χ1v) is 9.41. The number of anilines is 1. The van der Waals surface area contributed by atoms with Crippen molar-refractivity contribution >= 4 is 22.6 Å². The van der Waals surface area contributed by atoms with Crippen LogP contribution < -0.4 is 15.7 Å². The number of hydrogen-bond acceptors (Lipinski definition) is 5. The van der Waals surface area contributed by atoms with Gasteiger partial charge in [-0.15, -0.1) is 0 Å². The van der Waals surface area contributed by atoms with E-state index in [1.54, 1.807) is 23.9 Å². The van der Waals surface area contributed by atoms with Crippen LogP contribution in [-0.4, -0.2) is 21.8 Å². The molecule has 2 heterocycles. The van der Waals surface area contributed by atoms with Crippen LogP contribution in [0, 0.1) is 13.8 Å². The Morgan fingerprint density at radius 2 is 2.04 bits per heavy atom. The number of aryl methyl sites for hydroxylation is 4. The SMILES string of the molecule is CCc1cc(=O)oc2cc(C)cc(OC(C)C(=O)Nc3cn(CC)nc3C)c12. The van der Waals surface area contributed by atoms with E-state index in [0.717, 1.165) is 28.8 Å². The third kappa shape index (κ3) is 3.93. The molecular weight excluding hydrogens is 358 g/mol. The maximum Gasteiger partial charge on any atom is 0.336 e. The quantitative estimate of drug-likeness (QED) is 0.657. The van der Waals surface area contributed by atoms with Crippen LogP contribution >= 0.6 is 0 Å². The van der Waals surface area contributed by atoms with Crippen LogP contribution in [0.25, 0.3) is 11.0 Å². The molecule has 28 heavy (non-hydrogen) atoms. The van der Waals surface area contributed by atoms with Gasteiger partial charge in [0.2, 0.25) is 0 Å². The summed E-state index contributed by atoms with van der Waals surface area (Å²) < 4.78 is 13.1. The van der Waals surface area contributed by atoms with Gasteiger partial charge in [0.05, 0.1) is 16.8 Å². The Kier molecular flexibility index (Phi) is 5.53. The molecule has 1 N–H and O–H groups in total. The first kappa shape index (κ1) is 19.7. The first-order chi connectivity index (χ1) is 13.3. The molecule has 0 aliphatic heterocycles. The third-order valence-electron chi connectivity index (χ3n) is 4.62. The average Bonchev–Trinajstić information content (AvgIpc) is 2.99. The van der Waals surface area contributed by atoms with Gasteiger partial charge < -0.3 is 14.5 Å². The van der Waals surface area contributed by atoms with E-state index in [4.69, 9.17) is 9.15 Å². The summed E-state index contributed by atoms with van der Waals surface area (Å²) in [6.07, 6.45) is 1.70. The van der Waals surface area contributed by atoms with E-state index in [-0.39, 0.29) is 5.91 Å². The minimum Gasteiger partial charge on any atom is -0.480 e. The number of ether oxygens (including phenoxy) is 1. The van der Waals surface area contributed by atoms with Crippen molar-refractivity contribution in [3.8, 4) is 5.75 Å². The highest BCUT2D eigenvalue weighted by molar-refractivity contribution is 5.95. The number of benzene rings is 1. The number of aromatic nitrogens is 2. The molecule has 1 unspecified atom stereocenters. The molecule has 0 radical (unpaired) electrons. The topological polar surface area (TPSA) is 86.4 Å². The molecule has 3 rings (SSSR count). The van der Waals surface area contributed by atoms with Crippen LogP contribution in [0.3, 0.4) is 0 Å². The Bertz CT molecular complexity index is 1080. The number of amides is 1. The maximum absolute atomic E-state index is 12.6. The van der Waals surface area contributed by atoms with Gasteiger partial charge in [0.15, 0.2) is 6.10 Å². The normalized spacial score (nSPS) is 12.2. The van der Waals surface area contributed by atoms with Crippen molar-refractivity contribution in [3.05, 3.63) is 51.6 Å². The zero-order chi connectivity index (χ0) is 20.4. The number of rotatable bonds is 6. The van der Waals surface area contributed by atoms with Crippen LogP contribution in [-0.2, 0) is 17.8 Å². The van der Waals surface area contributed by atoms with Crippen LogP contribution in [0.4, 0.5) is 5.69 Å². The summed E-state index contributed by atoms with van der Waals surface area (Å²) in [5.74, 6) is 0.253. The number of hydrogen-bond donors (Lipinski definition) is 1. The maximum atomic E-state index is 12.6. The van der Waals surface area contributed by atoms with E-state index >= 15 is 0 Å². The lowest BCUT2D eigenvalue weighted by atomic mass is 10.0. The highest BCUT2D eigenvalue weighted by Gasteiger charge is 2.20. The molecule has 0 spiro atoms. The van der Waals surface area contributed by atoms with E-state index in [9.17, 15) is 9.59 Å². The molecule has 1 atom stereocenters. The fourth-order valence-corrected chi connectivity index (χ4v) is 3.12. The van der Waals surface area contributed by atoms with E-state index in [0.29, 0.717) is 23.4 Å². The summed E-state index contributed by atoms with van der Waals surface area (Å²) in [5.41, 5.74) is 3.19. The van der Waals surface area contributed by atoms with E-state index < -0.39 is 11.7 Å². The summed E-state index contributed by atoms with van der Waals surface area (Å²) in [6, 6.07) is 5.12. The van der Waals surface area contributed by atoms with Crippen molar-refractivity contribution in [2.45, 2.75) is 53.7 Å². The third-order valence-corrected chi connectivity index (χ3v) is 4.62. The largest absolute Gasteiger partial charge is 0.480 e. The minimum atomic E-state index is -0.744. The van der Waals surface area contributed by atoms with Crippen LogP contribution in [0.2, 0.25) is 0 Å². The second kappa shape index (κ2) is 7.88. The van der Waals surface area contributed by atoms with Gasteiger partial charge in [-0.1, -0.05) is 6.92 Å². The molecule has 0 saturated heterocycles. The highest BCUT2D eigenvalue weighted by atomic mass is 16.5. The summed E-state index contributed by atoms with van der Waals surface area (Å²) in [4.78, 5) is 24.4. The number of nitrogens with one attached hydrogen (secondary N) is 1. The van der Waals surface area contributed by atoms with Crippen molar-refractivity contribution in [1.29, 1.82) is 0 Å². The van der Waals surface area contributed by atoms with Gasteiger partial charge in [0.25, 0.3) is 5.91 Å². The predicted molar refractivity (Wildman–Crippen MR) is 108 cm³/mol. The molecule has 0 fully saturated rings. The number of carbonyl (C=O) groups is 1. The van der Waals surface area contributed by atoms with Crippen molar-refractivity contribution in [2.24, 2.45) is 0 Å². The van der Waals surface area contributed by atoms with Crippen LogP contribution in [0.1, 0.15) is 37.6 Å². The fourth-order valence-electron chi connectivity index (χ4n) is 3.12. The average molecular weight is 383 g/mol. The number of nitrogens with zero attached hydrogens (tertiary/aromatic N) is 2.